The lowest BCUT2D eigenvalue weighted by Crippen LogP contribution is -2.51. The van der Waals surface area contributed by atoms with E-state index in [1.807, 2.05) is 63.2 Å². The summed E-state index contributed by atoms with van der Waals surface area (Å²) in [6.07, 6.45) is 9.31. The molecule has 3 fully saturated rings. The van der Waals surface area contributed by atoms with Crippen molar-refractivity contribution in [3.05, 3.63) is 77.9 Å². The maximum absolute atomic E-state index is 15.3. The molecule has 0 bridgehead atoms. The Bertz CT molecular complexity index is 1830. The molecule has 4 aliphatic rings. The zero-order chi connectivity index (χ0) is 38.0. The van der Waals surface area contributed by atoms with Crippen molar-refractivity contribution < 1.29 is 29.0 Å². The summed E-state index contributed by atoms with van der Waals surface area (Å²) in [6.45, 7) is 8.52. The Hall–Kier alpha value is -3.99. The van der Waals surface area contributed by atoms with Crippen LogP contribution >= 0.6 is 0 Å². The van der Waals surface area contributed by atoms with Gasteiger partial charge in [0.2, 0.25) is 11.8 Å². The van der Waals surface area contributed by atoms with Gasteiger partial charge in [0.1, 0.15) is 5.75 Å². The molecule has 4 heterocycles. The summed E-state index contributed by atoms with van der Waals surface area (Å²) in [6, 6.07) is 22.4. The molecule has 9 nitrogen and oxygen atoms in total. The lowest BCUT2D eigenvalue weighted by atomic mass is 9.82. The molecule has 0 saturated carbocycles. The summed E-state index contributed by atoms with van der Waals surface area (Å²) in [7, 11) is -0.681. The predicted octanol–water partition coefficient (Wildman–Crippen LogP) is 7.43. The van der Waals surface area contributed by atoms with E-state index in [2.05, 4.69) is 38.2 Å². The third kappa shape index (κ3) is 7.01. The van der Waals surface area contributed by atoms with Gasteiger partial charge in [-0.3, -0.25) is 14.4 Å². The fourth-order valence-electron chi connectivity index (χ4n) is 9.85. The summed E-state index contributed by atoms with van der Waals surface area (Å²) < 4.78 is 12.7. The van der Waals surface area contributed by atoms with Crippen molar-refractivity contribution in [1.82, 2.24) is 0 Å². The summed E-state index contributed by atoms with van der Waals surface area (Å²) in [5.74, 6) is 0.767. The van der Waals surface area contributed by atoms with E-state index >= 15 is 4.79 Å². The minimum Gasteiger partial charge on any atom is -0.497 e. The van der Waals surface area contributed by atoms with Crippen molar-refractivity contribution in [2.75, 3.05) is 41.5 Å². The highest BCUT2D eigenvalue weighted by Crippen LogP contribution is 2.60. The van der Waals surface area contributed by atoms with E-state index in [1.165, 1.54) is 5.19 Å². The minimum atomic E-state index is -2.35. The van der Waals surface area contributed by atoms with E-state index in [-0.39, 0.29) is 41.9 Å². The van der Waals surface area contributed by atoms with Crippen LogP contribution in [0.25, 0.3) is 0 Å². The van der Waals surface area contributed by atoms with Gasteiger partial charge in [0, 0.05) is 55.4 Å². The number of benzene rings is 3. The number of amides is 3. The first-order chi connectivity index (χ1) is 26.1. The smallest absolute Gasteiger partial charge is 0.264 e. The van der Waals surface area contributed by atoms with Crippen LogP contribution in [-0.4, -0.2) is 63.8 Å². The number of carbonyl (C=O) groups excluding carboxylic acids is 3. The van der Waals surface area contributed by atoms with Crippen LogP contribution in [0.5, 0.6) is 5.75 Å². The molecule has 54 heavy (non-hydrogen) atoms. The molecule has 3 saturated heterocycles. The van der Waals surface area contributed by atoms with Gasteiger partial charge in [-0.1, -0.05) is 75.2 Å². The number of ether oxygens (including phenoxy) is 2. The van der Waals surface area contributed by atoms with E-state index in [4.69, 9.17) is 9.47 Å². The van der Waals surface area contributed by atoms with Gasteiger partial charge in [-0.25, -0.2) is 0 Å². The van der Waals surface area contributed by atoms with Crippen LogP contribution < -0.4 is 24.6 Å². The fourth-order valence-corrected chi connectivity index (χ4v) is 13.9. The number of carbonyl (C=O) groups is 3. The topological polar surface area (TPSA) is 99.6 Å². The molecule has 3 aromatic rings. The number of hydrogen-bond donors (Lipinski definition) is 1. The zero-order valence-electron chi connectivity index (χ0n) is 32.5. The molecule has 4 aliphatic heterocycles. The van der Waals surface area contributed by atoms with Crippen LogP contribution in [0.1, 0.15) is 88.7 Å². The van der Waals surface area contributed by atoms with Gasteiger partial charge in [0.05, 0.1) is 33.5 Å². The Balaban J connectivity index is 1.28. The van der Waals surface area contributed by atoms with E-state index in [9.17, 15) is 14.7 Å². The van der Waals surface area contributed by atoms with Crippen molar-refractivity contribution >= 4 is 48.0 Å². The minimum absolute atomic E-state index is 0.0106. The van der Waals surface area contributed by atoms with Gasteiger partial charge in [0.25, 0.3) is 5.91 Å². The molecule has 1 spiro atoms. The number of methoxy groups -OCH3 is 1. The van der Waals surface area contributed by atoms with Crippen LogP contribution in [-0.2, 0) is 31.3 Å². The average Bonchev–Trinajstić information content (AvgIpc) is 3.58. The number of aliphatic hydroxyl groups excluding tert-OH is 1. The summed E-state index contributed by atoms with van der Waals surface area (Å²) >= 11 is 0. The highest BCUT2D eigenvalue weighted by molar-refractivity contribution is 6.91. The van der Waals surface area contributed by atoms with E-state index in [0.717, 1.165) is 91.8 Å². The van der Waals surface area contributed by atoms with Crippen LogP contribution in [0.2, 0.25) is 18.6 Å². The first-order valence-corrected chi connectivity index (χ1v) is 23.3. The monoisotopic (exact) mass is 751 g/mol. The molecular formula is C44H57N3O6Si. The van der Waals surface area contributed by atoms with E-state index in [0.29, 0.717) is 32.4 Å². The average molecular weight is 752 g/mol. The number of aliphatic hydroxyl groups is 1. The molecule has 0 aliphatic carbocycles. The van der Waals surface area contributed by atoms with Gasteiger partial charge >= 0.3 is 0 Å². The first kappa shape index (κ1) is 38.3. The first-order valence-electron chi connectivity index (χ1n) is 20.2. The summed E-state index contributed by atoms with van der Waals surface area (Å²) in [5.41, 5.74) is 2.99. The molecule has 288 valence electrons. The van der Waals surface area contributed by atoms with Gasteiger partial charge in [0.15, 0.2) is 5.60 Å². The van der Waals surface area contributed by atoms with Crippen molar-refractivity contribution in [1.29, 1.82) is 0 Å². The third-order valence-electron chi connectivity index (χ3n) is 12.8. The highest BCUT2D eigenvalue weighted by Gasteiger charge is 2.66. The van der Waals surface area contributed by atoms with Crippen LogP contribution in [0.4, 0.5) is 17.1 Å². The zero-order valence-corrected chi connectivity index (χ0v) is 33.5. The van der Waals surface area contributed by atoms with Gasteiger partial charge in [-0.05, 0) is 85.7 Å². The van der Waals surface area contributed by atoms with Gasteiger partial charge < -0.3 is 29.3 Å². The maximum atomic E-state index is 15.3. The summed E-state index contributed by atoms with van der Waals surface area (Å²) in [5, 5.41) is 11.6. The molecule has 10 heteroatoms. The number of anilines is 3. The van der Waals surface area contributed by atoms with E-state index in [1.54, 1.807) is 7.11 Å². The second-order valence-electron chi connectivity index (χ2n) is 16.3. The fraction of sp³-hybridized carbons (Fsp3) is 0.523. The molecule has 3 amide bonds. The predicted molar refractivity (Wildman–Crippen MR) is 216 cm³/mol. The number of hydrogen-bond acceptors (Lipinski definition) is 6. The van der Waals surface area contributed by atoms with Crippen molar-refractivity contribution in [3.8, 4) is 5.75 Å². The molecule has 3 aromatic carbocycles. The van der Waals surface area contributed by atoms with Crippen molar-refractivity contribution in [2.24, 2.45) is 5.92 Å². The number of rotatable bonds is 9. The molecule has 0 radical (unpaired) electrons. The quantitative estimate of drug-likeness (QED) is 0.229. The van der Waals surface area contributed by atoms with Crippen LogP contribution in [0.3, 0.4) is 0 Å². The standard InChI is InChI=1S/C44H57N3O6Si/c1-31-42(54(3,4)36-22-20-35(52-2)21-23-36)39(25-28-48)53-44(31)37-29-34(46-27-12-8-6-10-14-41(46)50)19-24-38(37)47(43(44)51)30-32-15-17-33(18-16-32)45-26-11-7-5-9-13-40(45)49/h15-24,29,31,39,42,48H,5-14,25-28,30H2,1-4H3/t31-,39+,42-,44+/m0/s1. The third-order valence-corrected chi connectivity index (χ3v) is 17.1. The lowest BCUT2D eigenvalue weighted by molar-refractivity contribution is -0.146. The normalized spacial score (nSPS) is 25.4. The molecule has 1 N–H and O–H groups in total. The molecular weight excluding hydrogens is 695 g/mol. The van der Waals surface area contributed by atoms with Gasteiger partial charge in [-0.15, -0.1) is 0 Å². The Morgan fingerprint density at radius 3 is 2.00 bits per heavy atom. The Labute approximate surface area is 321 Å². The molecule has 7 rings (SSSR count). The lowest BCUT2D eigenvalue weighted by Gasteiger charge is -2.37. The Morgan fingerprint density at radius 1 is 0.796 bits per heavy atom. The maximum Gasteiger partial charge on any atom is 0.264 e. The summed E-state index contributed by atoms with van der Waals surface area (Å²) in [4.78, 5) is 47.5. The van der Waals surface area contributed by atoms with Crippen LogP contribution in [0.15, 0.2) is 66.7 Å². The van der Waals surface area contributed by atoms with Crippen LogP contribution in [0, 0.1) is 5.92 Å². The Kier molecular flexibility index (Phi) is 11.3. The van der Waals surface area contributed by atoms with E-state index < -0.39 is 13.7 Å². The highest BCUT2D eigenvalue weighted by atomic mass is 28.3. The SMILES string of the molecule is COc1ccc([Si](C)(C)[C@@H]2[C@@H](CCO)O[C@]3(C(=O)N(Cc4ccc(N5CCCCCCC5=O)cc4)c4ccc(N5CCCCCCC5=O)cc43)[C@H]2C)cc1. The Morgan fingerprint density at radius 2 is 1.39 bits per heavy atom. The second-order valence-corrected chi connectivity index (χ2v) is 21.0. The second kappa shape index (κ2) is 16.0. The molecule has 4 atom stereocenters. The largest absolute Gasteiger partial charge is 0.497 e. The van der Waals surface area contributed by atoms with Crippen molar-refractivity contribution in [2.45, 2.75) is 114 Å². The molecule has 0 aromatic heterocycles. The number of fused-ring (bicyclic) bond motifs is 2. The molecule has 0 unspecified atom stereocenters. The van der Waals surface area contributed by atoms with Crippen molar-refractivity contribution in [3.63, 3.8) is 0 Å². The number of nitrogens with zero attached hydrogens (tertiary/aromatic N) is 3. The van der Waals surface area contributed by atoms with Gasteiger partial charge in [-0.2, -0.15) is 0 Å².